The van der Waals surface area contributed by atoms with Gasteiger partial charge in [0.1, 0.15) is 10.5 Å². The lowest BCUT2D eigenvalue weighted by molar-refractivity contribution is 0.474. The highest BCUT2D eigenvalue weighted by Crippen LogP contribution is 2.31. The molecule has 1 heterocycles. The summed E-state index contributed by atoms with van der Waals surface area (Å²) in [5.41, 5.74) is 0.302. The quantitative estimate of drug-likeness (QED) is 0.793. The van der Waals surface area contributed by atoms with Gasteiger partial charge in [-0.2, -0.15) is 5.26 Å². The van der Waals surface area contributed by atoms with Crippen molar-refractivity contribution in [3.63, 3.8) is 0 Å². The van der Waals surface area contributed by atoms with E-state index in [0.717, 1.165) is 27.9 Å². The molecule has 0 bridgehead atoms. The molecule has 0 aliphatic carbocycles. The second kappa shape index (κ2) is 7.55. The summed E-state index contributed by atoms with van der Waals surface area (Å²) >= 11 is 3.14. The van der Waals surface area contributed by atoms with E-state index in [1.807, 2.05) is 37.3 Å². The van der Waals surface area contributed by atoms with E-state index in [1.54, 1.807) is 23.1 Å². The van der Waals surface area contributed by atoms with Crippen LogP contribution in [0.3, 0.4) is 0 Å². The van der Waals surface area contributed by atoms with Gasteiger partial charge in [0, 0.05) is 5.75 Å². The lowest BCUT2D eigenvalue weighted by atomic mass is 9.93. The smallest absolute Gasteiger partial charge is 0.174 e. The van der Waals surface area contributed by atoms with E-state index in [4.69, 9.17) is 0 Å². The fourth-order valence-corrected chi connectivity index (χ4v) is 3.90. The first-order valence-electron chi connectivity index (χ1n) is 6.85. The Labute approximate surface area is 133 Å². The molecular formula is C15H18N4S2. The van der Waals surface area contributed by atoms with Gasteiger partial charge in [0.2, 0.25) is 0 Å². The molecule has 0 aliphatic heterocycles. The van der Waals surface area contributed by atoms with Crippen LogP contribution in [0.25, 0.3) is 0 Å². The number of hydrogen-bond donors (Lipinski definition) is 1. The lowest BCUT2D eigenvalue weighted by Gasteiger charge is -2.27. The topological polar surface area (TPSA) is 61.6 Å². The maximum Gasteiger partial charge on any atom is 0.174 e. The van der Waals surface area contributed by atoms with E-state index < -0.39 is 5.54 Å². The first kappa shape index (κ1) is 16.0. The summed E-state index contributed by atoms with van der Waals surface area (Å²) in [6.45, 7) is 4.84. The van der Waals surface area contributed by atoms with Crippen molar-refractivity contribution >= 4 is 23.1 Å². The van der Waals surface area contributed by atoms with Gasteiger partial charge in [0.05, 0.1) is 6.07 Å². The van der Waals surface area contributed by atoms with Gasteiger partial charge in [0.25, 0.3) is 0 Å². The highest BCUT2D eigenvalue weighted by molar-refractivity contribution is 8.01. The van der Waals surface area contributed by atoms with Crippen LogP contribution in [0.5, 0.6) is 0 Å². The number of nitrogens with zero attached hydrogens (tertiary/aromatic N) is 3. The molecule has 2 rings (SSSR count). The Morgan fingerprint density at radius 3 is 2.67 bits per heavy atom. The van der Waals surface area contributed by atoms with Gasteiger partial charge >= 0.3 is 0 Å². The standard InChI is InChI=1S/C15H18N4S2/c1-3-9-17-15(10-16,13-7-5-4-6-8-13)11-20-14-19-18-12(2)21-14/h4-8,17H,3,9,11H2,1-2H3. The van der Waals surface area contributed by atoms with Gasteiger partial charge in [-0.1, -0.05) is 60.4 Å². The van der Waals surface area contributed by atoms with E-state index >= 15 is 0 Å². The molecule has 110 valence electrons. The van der Waals surface area contributed by atoms with E-state index in [-0.39, 0.29) is 0 Å². The van der Waals surface area contributed by atoms with Crippen molar-refractivity contribution in [3.05, 3.63) is 40.9 Å². The molecule has 1 atom stereocenters. The second-order valence-electron chi connectivity index (χ2n) is 4.69. The van der Waals surface area contributed by atoms with Crippen LogP contribution in [0.15, 0.2) is 34.7 Å². The van der Waals surface area contributed by atoms with Crippen LogP contribution in [0, 0.1) is 18.3 Å². The molecule has 0 aliphatic rings. The Morgan fingerprint density at radius 2 is 2.10 bits per heavy atom. The van der Waals surface area contributed by atoms with Crippen LogP contribution in [0.2, 0.25) is 0 Å². The predicted molar refractivity (Wildman–Crippen MR) is 87.4 cm³/mol. The van der Waals surface area contributed by atoms with Gasteiger partial charge in [-0.3, -0.25) is 5.32 Å². The Bertz CT molecular complexity index is 606. The number of nitrogens with one attached hydrogen (secondary N) is 1. The molecule has 21 heavy (non-hydrogen) atoms. The Balaban J connectivity index is 2.20. The molecule has 4 nitrogen and oxygen atoms in total. The first-order valence-corrected chi connectivity index (χ1v) is 8.65. The molecular weight excluding hydrogens is 300 g/mol. The Kier molecular flexibility index (Phi) is 5.74. The minimum atomic E-state index is -0.693. The third-order valence-corrected chi connectivity index (χ3v) is 5.20. The molecule has 1 N–H and O–H groups in total. The second-order valence-corrected chi connectivity index (χ2v) is 7.09. The molecule has 2 aromatic rings. The van der Waals surface area contributed by atoms with Crippen molar-refractivity contribution in [3.8, 4) is 6.07 Å². The van der Waals surface area contributed by atoms with Crippen molar-refractivity contribution in [1.82, 2.24) is 15.5 Å². The van der Waals surface area contributed by atoms with Crippen LogP contribution >= 0.6 is 23.1 Å². The summed E-state index contributed by atoms with van der Waals surface area (Å²) in [6, 6.07) is 12.4. The number of thioether (sulfide) groups is 1. The molecule has 0 spiro atoms. The van der Waals surface area contributed by atoms with Gasteiger partial charge < -0.3 is 0 Å². The average Bonchev–Trinajstić information content (AvgIpc) is 2.95. The van der Waals surface area contributed by atoms with E-state index in [0.29, 0.717) is 5.75 Å². The number of benzene rings is 1. The zero-order valence-electron chi connectivity index (χ0n) is 12.2. The maximum atomic E-state index is 9.78. The summed E-state index contributed by atoms with van der Waals surface area (Å²) in [5.74, 6) is 0.613. The SMILES string of the molecule is CCCNC(C#N)(CSc1nnc(C)s1)c1ccccc1. The molecule has 0 saturated carbocycles. The highest BCUT2D eigenvalue weighted by atomic mass is 32.2. The van der Waals surface area contributed by atoms with Crippen LogP contribution in [0.1, 0.15) is 23.9 Å². The Hall–Kier alpha value is -1.42. The van der Waals surface area contributed by atoms with E-state index in [9.17, 15) is 5.26 Å². The van der Waals surface area contributed by atoms with Crippen LogP contribution in [-0.2, 0) is 5.54 Å². The molecule has 0 amide bonds. The van der Waals surface area contributed by atoms with Crippen molar-refractivity contribution < 1.29 is 0 Å². The van der Waals surface area contributed by atoms with Crippen LogP contribution in [0.4, 0.5) is 0 Å². The number of nitriles is 1. The monoisotopic (exact) mass is 318 g/mol. The summed E-state index contributed by atoms with van der Waals surface area (Å²) in [4.78, 5) is 0. The summed E-state index contributed by atoms with van der Waals surface area (Å²) in [7, 11) is 0. The largest absolute Gasteiger partial charge is 0.295 e. The number of hydrogen-bond acceptors (Lipinski definition) is 6. The van der Waals surface area contributed by atoms with E-state index in [2.05, 4.69) is 28.5 Å². The van der Waals surface area contributed by atoms with Crippen molar-refractivity contribution in [2.24, 2.45) is 0 Å². The molecule has 0 radical (unpaired) electrons. The fourth-order valence-electron chi connectivity index (χ4n) is 1.94. The molecule has 1 aromatic heterocycles. The highest BCUT2D eigenvalue weighted by Gasteiger charge is 2.32. The van der Waals surface area contributed by atoms with E-state index in [1.165, 1.54) is 0 Å². The maximum absolute atomic E-state index is 9.78. The molecule has 0 saturated heterocycles. The normalized spacial score (nSPS) is 13.6. The Morgan fingerprint density at radius 1 is 1.33 bits per heavy atom. The van der Waals surface area contributed by atoms with Crippen LogP contribution < -0.4 is 5.32 Å². The average molecular weight is 318 g/mol. The minimum absolute atomic E-state index is 0.613. The van der Waals surface area contributed by atoms with Gasteiger partial charge in [0.15, 0.2) is 4.34 Å². The minimum Gasteiger partial charge on any atom is -0.295 e. The van der Waals surface area contributed by atoms with Crippen molar-refractivity contribution in [2.75, 3.05) is 12.3 Å². The molecule has 0 fully saturated rings. The van der Waals surface area contributed by atoms with Crippen molar-refractivity contribution in [2.45, 2.75) is 30.1 Å². The fraction of sp³-hybridized carbons (Fsp3) is 0.400. The zero-order valence-corrected chi connectivity index (χ0v) is 13.8. The summed E-state index contributed by atoms with van der Waals surface area (Å²) < 4.78 is 0.904. The van der Waals surface area contributed by atoms with Gasteiger partial charge in [-0.15, -0.1) is 10.2 Å². The number of rotatable bonds is 7. The lowest BCUT2D eigenvalue weighted by Crippen LogP contribution is -2.43. The summed E-state index contributed by atoms with van der Waals surface area (Å²) in [5, 5.41) is 22.3. The zero-order chi connectivity index (χ0) is 15.1. The summed E-state index contributed by atoms with van der Waals surface area (Å²) in [6.07, 6.45) is 0.985. The number of aryl methyl sites for hydroxylation is 1. The van der Waals surface area contributed by atoms with Crippen LogP contribution in [-0.4, -0.2) is 22.5 Å². The number of aromatic nitrogens is 2. The third-order valence-electron chi connectivity index (χ3n) is 3.05. The molecule has 1 unspecified atom stereocenters. The first-order chi connectivity index (χ1) is 10.2. The van der Waals surface area contributed by atoms with Crippen molar-refractivity contribution in [1.29, 1.82) is 5.26 Å². The molecule has 6 heteroatoms. The predicted octanol–water partition coefficient (Wildman–Crippen LogP) is 3.36. The third kappa shape index (κ3) is 4.03. The van der Waals surface area contributed by atoms with Gasteiger partial charge in [-0.25, -0.2) is 0 Å². The molecule has 1 aromatic carbocycles. The van der Waals surface area contributed by atoms with Gasteiger partial charge in [-0.05, 0) is 25.5 Å².